The molecule has 0 unspecified atom stereocenters. The van der Waals surface area contributed by atoms with Crippen molar-refractivity contribution in [3.8, 4) is 0 Å². The zero-order valence-electron chi connectivity index (χ0n) is 2.70. The van der Waals surface area contributed by atoms with Crippen LogP contribution in [0.2, 0.25) is 0 Å². The second-order valence-electron chi connectivity index (χ2n) is 0.842. The Morgan fingerprint density at radius 3 is 1.50 bits per heavy atom. The predicted octanol–water partition coefficient (Wildman–Crippen LogP) is -0.0539. The highest BCUT2D eigenvalue weighted by atomic mass is 35.5. The van der Waals surface area contributed by atoms with E-state index in [-0.39, 0.29) is 17.4 Å². The fourth-order valence-corrected chi connectivity index (χ4v) is 0. The molecule has 0 bridgehead atoms. The lowest BCUT2D eigenvalue weighted by Crippen LogP contribution is -2.00. The summed E-state index contributed by atoms with van der Waals surface area (Å²) in [7, 11) is 0. The van der Waals surface area contributed by atoms with Crippen molar-refractivity contribution in [1.82, 2.24) is 0 Å². The minimum absolute atomic E-state index is 0. The Hall–Kier alpha value is 1.07. The minimum Gasteiger partial charge on any atom is -0.363 e. The van der Waals surface area contributed by atoms with Crippen LogP contribution in [0.4, 0.5) is 0 Å². The van der Waals surface area contributed by atoms with Crippen molar-refractivity contribution in [1.29, 1.82) is 0 Å². The molecule has 0 atom stereocenters. The summed E-state index contributed by atoms with van der Waals surface area (Å²) in [5.74, 6) is 0. The fraction of sp³-hybridized carbons (Fsp3) is 1.00. The SMILES string of the molecule is CC(O)(Cl)Cl.[AlH3]. The Morgan fingerprint density at radius 1 is 1.50 bits per heavy atom. The van der Waals surface area contributed by atoms with Gasteiger partial charge in [0, 0.05) is 0 Å². The van der Waals surface area contributed by atoms with Crippen LogP contribution in [0.3, 0.4) is 0 Å². The molecule has 0 rings (SSSR count). The van der Waals surface area contributed by atoms with E-state index in [1.807, 2.05) is 0 Å². The first-order valence-electron chi connectivity index (χ1n) is 1.10. The third kappa shape index (κ3) is 73.1. The van der Waals surface area contributed by atoms with E-state index in [1.165, 1.54) is 6.92 Å². The number of hydrogen-bond donors (Lipinski definition) is 1. The summed E-state index contributed by atoms with van der Waals surface area (Å²) in [6.07, 6.45) is 0. The smallest absolute Gasteiger partial charge is 0.212 e. The van der Waals surface area contributed by atoms with Crippen molar-refractivity contribution in [2.45, 2.75) is 11.4 Å². The maximum Gasteiger partial charge on any atom is 0.212 e. The quantitative estimate of drug-likeness (QED) is 0.374. The van der Waals surface area contributed by atoms with Gasteiger partial charge in [-0.1, -0.05) is 23.2 Å². The van der Waals surface area contributed by atoms with Gasteiger partial charge in [0.15, 0.2) is 17.4 Å². The Morgan fingerprint density at radius 2 is 1.50 bits per heavy atom. The highest BCUT2D eigenvalue weighted by molar-refractivity contribution is 6.46. The van der Waals surface area contributed by atoms with Gasteiger partial charge in [0.25, 0.3) is 0 Å². The molecule has 0 saturated carbocycles. The van der Waals surface area contributed by atoms with Crippen LogP contribution in [0, 0.1) is 0 Å². The Balaban J connectivity index is 0. The molecule has 0 heterocycles. The van der Waals surface area contributed by atoms with Gasteiger partial charge in [-0.2, -0.15) is 0 Å². The first-order chi connectivity index (χ1) is 2.00. The number of aliphatic hydroxyl groups is 1. The van der Waals surface area contributed by atoms with Gasteiger partial charge in [0.05, 0.1) is 0 Å². The lowest BCUT2D eigenvalue weighted by molar-refractivity contribution is 0.236. The first-order valence-corrected chi connectivity index (χ1v) is 1.86. The first kappa shape index (κ1) is 10.1. The van der Waals surface area contributed by atoms with E-state index in [2.05, 4.69) is 0 Å². The zero-order valence-corrected chi connectivity index (χ0v) is 4.22. The summed E-state index contributed by atoms with van der Waals surface area (Å²) in [5.41, 5.74) is 0. The van der Waals surface area contributed by atoms with Crippen LogP contribution in [0.15, 0.2) is 0 Å². The van der Waals surface area contributed by atoms with Crippen molar-refractivity contribution < 1.29 is 5.11 Å². The zero-order chi connectivity index (χ0) is 4.50. The third-order valence-corrected chi connectivity index (χ3v) is 0. The molecule has 0 aliphatic carbocycles. The van der Waals surface area contributed by atoms with Crippen LogP contribution in [0.1, 0.15) is 6.92 Å². The molecule has 0 fully saturated rings. The van der Waals surface area contributed by atoms with Gasteiger partial charge in [-0.15, -0.1) is 0 Å². The molecule has 1 nitrogen and oxygen atoms in total. The predicted molar refractivity (Wildman–Crippen MR) is 32.3 cm³/mol. The molecule has 1 N–H and O–H groups in total. The Kier molecular flexibility index (Phi) is 5.28. The monoisotopic (exact) mass is 144 g/mol. The largest absolute Gasteiger partial charge is 0.363 e. The molecule has 38 valence electrons. The summed E-state index contributed by atoms with van der Waals surface area (Å²) in [6.45, 7) is 1.27. The van der Waals surface area contributed by atoms with Gasteiger partial charge in [-0.3, -0.25) is 0 Å². The molecule has 4 heteroatoms. The number of hydrogen-bond acceptors (Lipinski definition) is 1. The molecule has 0 spiro atoms. The maximum atomic E-state index is 8.05. The van der Waals surface area contributed by atoms with E-state index in [0.717, 1.165) is 0 Å². The molecule has 0 aromatic rings. The summed E-state index contributed by atoms with van der Waals surface area (Å²) >= 11 is 9.70. The second kappa shape index (κ2) is 3.12. The van der Waals surface area contributed by atoms with Crippen molar-refractivity contribution in [3.63, 3.8) is 0 Å². The van der Waals surface area contributed by atoms with Crippen LogP contribution < -0.4 is 0 Å². The average Bonchev–Trinajstić information content (AvgIpc) is 0.722. The summed E-state index contributed by atoms with van der Waals surface area (Å²) in [5, 5.41) is 8.05. The van der Waals surface area contributed by atoms with E-state index >= 15 is 0 Å². The second-order valence-corrected chi connectivity index (χ2v) is 2.51. The van der Waals surface area contributed by atoms with Crippen LogP contribution in [-0.2, 0) is 0 Å². The van der Waals surface area contributed by atoms with Gasteiger partial charge >= 0.3 is 0 Å². The van der Waals surface area contributed by atoms with E-state index < -0.39 is 4.52 Å². The van der Waals surface area contributed by atoms with E-state index in [0.29, 0.717) is 0 Å². The van der Waals surface area contributed by atoms with Gasteiger partial charge in [0.2, 0.25) is 4.52 Å². The van der Waals surface area contributed by atoms with Gasteiger partial charge in [-0.05, 0) is 6.92 Å². The minimum atomic E-state index is -1.56. The molecule has 0 radical (unpaired) electrons. The number of rotatable bonds is 0. The number of alkyl halides is 2. The van der Waals surface area contributed by atoms with Crippen LogP contribution in [0.25, 0.3) is 0 Å². The van der Waals surface area contributed by atoms with Crippen molar-refractivity contribution in [3.05, 3.63) is 0 Å². The average molecular weight is 145 g/mol. The topological polar surface area (TPSA) is 20.2 Å². The molecule has 0 aromatic carbocycles. The van der Waals surface area contributed by atoms with E-state index in [9.17, 15) is 0 Å². The summed E-state index contributed by atoms with van der Waals surface area (Å²) < 4.78 is -1.56. The van der Waals surface area contributed by atoms with Gasteiger partial charge in [0.1, 0.15) is 0 Å². The highest BCUT2D eigenvalue weighted by Gasteiger charge is 2.05. The standard InChI is InChI=1S/C2H4Cl2O.Al.3H/c1-2(3,4)5;;;;/h5H,1H3;;;;. The highest BCUT2D eigenvalue weighted by Crippen LogP contribution is 2.12. The normalized spacial score (nSPS) is 10.0. The Labute approximate surface area is 57.4 Å². The van der Waals surface area contributed by atoms with Gasteiger partial charge < -0.3 is 5.11 Å². The molecule has 6 heavy (non-hydrogen) atoms. The summed E-state index contributed by atoms with van der Waals surface area (Å²) in [4.78, 5) is 0. The fourth-order valence-electron chi connectivity index (χ4n) is 0. The van der Waals surface area contributed by atoms with E-state index in [1.54, 1.807) is 0 Å². The number of halogens is 2. The van der Waals surface area contributed by atoms with Crippen LogP contribution >= 0.6 is 23.2 Å². The van der Waals surface area contributed by atoms with Crippen molar-refractivity contribution >= 4 is 40.6 Å². The van der Waals surface area contributed by atoms with Crippen LogP contribution in [-0.4, -0.2) is 27.0 Å². The molecule has 0 saturated heterocycles. The van der Waals surface area contributed by atoms with Gasteiger partial charge in [-0.25, -0.2) is 0 Å². The lowest BCUT2D eigenvalue weighted by atomic mass is 10.9. The van der Waals surface area contributed by atoms with Crippen LogP contribution in [0.5, 0.6) is 0 Å². The molecule has 0 aliphatic rings. The molecule has 0 aromatic heterocycles. The van der Waals surface area contributed by atoms with Crippen molar-refractivity contribution in [2.75, 3.05) is 0 Å². The van der Waals surface area contributed by atoms with E-state index in [4.69, 9.17) is 28.3 Å². The lowest BCUT2D eigenvalue weighted by Gasteiger charge is -1.97. The molecular weight excluding hydrogens is 138 g/mol. The third-order valence-electron chi connectivity index (χ3n) is 0. The maximum absolute atomic E-state index is 8.05. The Bertz CT molecular complexity index is 27.0. The summed E-state index contributed by atoms with van der Waals surface area (Å²) in [6, 6.07) is 0. The molecular formula is C2H7AlCl2O. The molecule has 0 aliphatic heterocycles. The molecule has 0 amide bonds. The van der Waals surface area contributed by atoms with Crippen molar-refractivity contribution in [2.24, 2.45) is 0 Å².